The van der Waals surface area contributed by atoms with Crippen molar-refractivity contribution < 1.29 is 24.0 Å². The van der Waals surface area contributed by atoms with Crippen LogP contribution in [0.25, 0.3) is 6.08 Å². The number of halogens is 2. The minimum atomic E-state index is -0.715. The number of amides is 3. The molecule has 0 spiro atoms. The van der Waals surface area contributed by atoms with E-state index in [1.807, 2.05) is 0 Å². The lowest BCUT2D eigenvalue weighted by atomic mass is 10.2. The van der Waals surface area contributed by atoms with Crippen LogP contribution in [-0.4, -0.2) is 38.3 Å². The lowest BCUT2D eigenvalue weighted by Crippen LogP contribution is -2.46. The van der Waals surface area contributed by atoms with E-state index in [1.54, 1.807) is 24.3 Å². The van der Waals surface area contributed by atoms with Gasteiger partial charge in [-0.25, -0.2) is 15.2 Å². The average molecular weight is 592 g/mol. The quantitative estimate of drug-likeness (QED) is 0.146. The molecule has 0 bridgehead atoms. The number of nitrogens with one attached hydrogen (secondary N) is 2. The maximum atomic E-state index is 12.9. The molecule has 1 saturated heterocycles. The van der Waals surface area contributed by atoms with E-state index in [2.05, 4.69) is 15.7 Å². The van der Waals surface area contributed by atoms with Gasteiger partial charge in [0, 0.05) is 18.0 Å². The number of methoxy groups -OCH3 is 1. The standard InChI is InChI=1S/C23H15Cl2N5O6S2/c1-35-18-9-12(4-7-17(18)36-20-16(30(33)34)3-2-8-26-20)10-19-21(31)29(23(37)38-19)28-22(32)27-13-5-6-14(24)15(25)11-13/h2-11H,1H3,(H2,27,28,32)/b19-10-. The average Bonchev–Trinajstić information content (AvgIpc) is 3.14. The molecule has 0 radical (unpaired) electrons. The molecule has 194 valence electrons. The molecule has 1 aromatic heterocycles. The fourth-order valence-corrected chi connectivity index (χ4v) is 4.59. The van der Waals surface area contributed by atoms with Crippen LogP contribution in [0.4, 0.5) is 16.2 Å². The van der Waals surface area contributed by atoms with Crippen molar-refractivity contribution in [2.24, 2.45) is 0 Å². The third-order valence-corrected chi connectivity index (χ3v) is 6.87. The molecule has 0 unspecified atom stereocenters. The molecule has 38 heavy (non-hydrogen) atoms. The van der Waals surface area contributed by atoms with Gasteiger partial charge in [-0.1, -0.05) is 41.0 Å². The minimum absolute atomic E-state index is 0.111. The van der Waals surface area contributed by atoms with Gasteiger partial charge in [-0.3, -0.25) is 14.9 Å². The Kier molecular flexibility index (Phi) is 8.32. The Bertz CT molecular complexity index is 1500. The van der Waals surface area contributed by atoms with Gasteiger partial charge in [0.1, 0.15) is 0 Å². The van der Waals surface area contributed by atoms with Crippen LogP contribution in [0.1, 0.15) is 5.56 Å². The normalized spacial score (nSPS) is 14.0. The number of anilines is 1. The highest BCUT2D eigenvalue weighted by Gasteiger charge is 2.33. The van der Waals surface area contributed by atoms with Gasteiger partial charge < -0.3 is 14.8 Å². The van der Waals surface area contributed by atoms with E-state index in [1.165, 1.54) is 43.6 Å². The van der Waals surface area contributed by atoms with E-state index in [-0.39, 0.29) is 37.3 Å². The highest BCUT2D eigenvalue weighted by atomic mass is 35.5. The summed E-state index contributed by atoms with van der Waals surface area (Å²) in [5.41, 5.74) is 3.00. The number of aromatic nitrogens is 1. The van der Waals surface area contributed by atoms with Crippen LogP contribution in [0.5, 0.6) is 17.4 Å². The molecule has 0 saturated carbocycles. The molecular weight excluding hydrogens is 577 g/mol. The molecule has 1 aliphatic rings. The van der Waals surface area contributed by atoms with Crippen molar-refractivity contribution in [3.8, 4) is 17.4 Å². The molecule has 11 nitrogen and oxygen atoms in total. The highest BCUT2D eigenvalue weighted by molar-refractivity contribution is 8.26. The molecule has 2 heterocycles. The third-order valence-electron chi connectivity index (χ3n) is 4.82. The lowest BCUT2D eigenvalue weighted by Gasteiger charge is -2.16. The summed E-state index contributed by atoms with van der Waals surface area (Å²) in [5.74, 6) is -0.324. The molecule has 2 aromatic carbocycles. The van der Waals surface area contributed by atoms with Crippen LogP contribution in [0.3, 0.4) is 0 Å². The third kappa shape index (κ3) is 6.14. The second kappa shape index (κ2) is 11.6. The summed E-state index contributed by atoms with van der Waals surface area (Å²) in [4.78, 5) is 40.1. The Balaban J connectivity index is 1.48. The molecular formula is C23H15Cl2N5O6S2. The van der Waals surface area contributed by atoms with Gasteiger partial charge in [0.05, 0.1) is 27.0 Å². The maximum absolute atomic E-state index is 12.9. The van der Waals surface area contributed by atoms with Crippen molar-refractivity contribution in [1.29, 1.82) is 0 Å². The number of hydrogen-bond acceptors (Lipinski definition) is 9. The summed E-state index contributed by atoms with van der Waals surface area (Å²) in [6.45, 7) is 0. The number of rotatable bonds is 7. The van der Waals surface area contributed by atoms with E-state index in [9.17, 15) is 19.7 Å². The zero-order chi connectivity index (χ0) is 27.4. The first-order valence-corrected chi connectivity index (χ1v) is 12.4. The second-order valence-electron chi connectivity index (χ2n) is 7.31. The predicted molar refractivity (Wildman–Crippen MR) is 148 cm³/mol. The van der Waals surface area contributed by atoms with Crippen LogP contribution in [0.15, 0.2) is 59.6 Å². The van der Waals surface area contributed by atoms with E-state index in [0.29, 0.717) is 16.3 Å². The number of benzene rings is 2. The smallest absolute Gasteiger partial charge is 0.338 e. The number of carbonyl (C=O) groups excluding carboxylic acids is 2. The van der Waals surface area contributed by atoms with Crippen LogP contribution in [0.2, 0.25) is 10.0 Å². The highest BCUT2D eigenvalue weighted by Crippen LogP contribution is 2.37. The fourth-order valence-electron chi connectivity index (χ4n) is 3.11. The van der Waals surface area contributed by atoms with Crippen LogP contribution in [-0.2, 0) is 4.79 Å². The van der Waals surface area contributed by atoms with Gasteiger partial charge in [-0.05, 0) is 60.3 Å². The van der Waals surface area contributed by atoms with E-state index in [0.717, 1.165) is 16.8 Å². The van der Waals surface area contributed by atoms with Crippen molar-refractivity contribution in [3.05, 3.63) is 85.4 Å². The lowest BCUT2D eigenvalue weighted by molar-refractivity contribution is -0.386. The van der Waals surface area contributed by atoms with Crippen LogP contribution in [0, 0.1) is 10.1 Å². The number of ether oxygens (including phenoxy) is 2. The topological polar surface area (TPSA) is 136 Å². The van der Waals surface area contributed by atoms with Crippen LogP contribution < -0.4 is 20.2 Å². The molecule has 1 aliphatic heterocycles. The van der Waals surface area contributed by atoms with Gasteiger partial charge in [-0.15, -0.1) is 0 Å². The zero-order valence-corrected chi connectivity index (χ0v) is 22.3. The van der Waals surface area contributed by atoms with Gasteiger partial charge in [0.25, 0.3) is 11.8 Å². The molecule has 4 rings (SSSR count). The number of nitrogens with zero attached hydrogens (tertiary/aromatic N) is 3. The summed E-state index contributed by atoms with van der Waals surface area (Å²) >= 11 is 18.1. The molecule has 0 aliphatic carbocycles. The number of thiocarbonyl (C=S) groups is 1. The molecule has 3 amide bonds. The van der Waals surface area contributed by atoms with Crippen molar-refractivity contribution in [1.82, 2.24) is 15.4 Å². The summed E-state index contributed by atoms with van der Waals surface area (Å²) in [7, 11) is 1.40. The number of carbonyl (C=O) groups is 2. The van der Waals surface area contributed by atoms with Gasteiger partial charge in [-0.2, -0.15) is 5.01 Å². The van der Waals surface area contributed by atoms with Gasteiger partial charge >= 0.3 is 11.7 Å². The monoisotopic (exact) mass is 591 g/mol. The largest absolute Gasteiger partial charge is 0.493 e. The summed E-state index contributed by atoms with van der Waals surface area (Å²) in [5, 5.41) is 15.3. The van der Waals surface area contributed by atoms with Gasteiger partial charge in [0.15, 0.2) is 15.8 Å². The second-order valence-corrected chi connectivity index (χ2v) is 9.80. The van der Waals surface area contributed by atoms with E-state index in [4.69, 9.17) is 44.9 Å². The zero-order valence-electron chi connectivity index (χ0n) is 19.1. The van der Waals surface area contributed by atoms with Crippen molar-refractivity contribution in [3.63, 3.8) is 0 Å². The SMILES string of the molecule is COc1cc(/C=C2\SC(=S)N(NC(=O)Nc3ccc(Cl)c(Cl)c3)C2=O)ccc1Oc1ncccc1[N+](=O)[O-]. The predicted octanol–water partition coefficient (Wildman–Crippen LogP) is 6.04. The first kappa shape index (κ1) is 27.1. The molecule has 15 heteroatoms. The molecule has 3 aromatic rings. The summed E-state index contributed by atoms with van der Waals surface area (Å²) in [6, 6.07) is 11.2. The first-order chi connectivity index (χ1) is 18.2. The Morgan fingerprint density at radius 2 is 1.97 bits per heavy atom. The number of pyridine rings is 1. The number of nitro groups is 1. The Morgan fingerprint density at radius 1 is 1.18 bits per heavy atom. The summed E-state index contributed by atoms with van der Waals surface area (Å²) < 4.78 is 11.1. The Labute approximate surface area is 234 Å². The fraction of sp³-hybridized carbons (Fsp3) is 0.0435. The Morgan fingerprint density at radius 3 is 2.68 bits per heavy atom. The molecule has 2 N–H and O–H groups in total. The van der Waals surface area contributed by atoms with E-state index >= 15 is 0 Å². The number of urea groups is 1. The van der Waals surface area contributed by atoms with Crippen molar-refractivity contribution in [2.75, 3.05) is 12.4 Å². The Hall–Kier alpha value is -3.91. The molecule has 0 atom stereocenters. The van der Waals surface area contributed by atoms with E-state index < -0.39 is 16.9 Å². The summed E-state index contributed by atoms with van der Waals surface area (Å²) in [6.07, 6.45) is 2.91. The molecule has 1 fully saturated rings. The number of hydrazine groups is 1. The number of hydrogen-bond donors (Lipinski definition) is 2. The minimum Gasteiger partial charge on any atom is -0.493 e. The number of thioether (sulfide) groups is 1. The van der Waals surface area contributed by atoms with Crippen LogP contribution >= 0.6 is 47.2 Å². The van der Waals surface area contributed by atoms with Crippen molar-refractivity contribution in [2.45, 2.75) is 0 Å². The first-order valence-electron chi connectivity index (χ1n) is 10.4. The van der Waals surface area contributed by atoms with Crippen molar-refractivity contribution >= 4 is 80.9 Å². The van der Waals surface area contributed by atoms with Gasteiger partial charge in [0.2, 0.25) is 0 Å². The maximum Gasteiger partial charge on any atom is 0.338 e.